The zero-order valence-corrected chi connectivity index (χ0v) is 12.3. The first-order chi connectivity index (χ1) is 10.8. The average molecular weight is 292 g/mol. The van der Waals surface area contributed by atoms with Gasteiger partial charge in [0.25, 0.3) is 0 Å². The summed E-state index contributed by atoms with van der Waals surface area (Å²) in [7, 11) is 1.65. The number of hydrogen-bond acceptors (Lipinski definition) is 4. The molecule has 22 heavy (non-hydrogen) atoms. The number of aromatic nitrogens is 2. The first-order valence-electron chi connectivity index (χ1n) is 6.99. The van der Waals surface area contributed by atoms with Gasteiger partial charge in [0.05, 0.1) is 7.11 Å². The molecule has 0 aliphatic rings. The van der Waals surface area contributed by atoms with Crippen LogP contribution in [0.1, 0.15) is 5.56 Å². The van der Waals surface area contributed by atoms with E-state index in [1.165, 1.54) is 0 Å². The molecular formula is C18H16N2O2. The molecule has 0 amide bonds. The van der Waals surface area contributed by atoms with Gasteiger partial charge in [-0.2, -0.15) is 4.98 Å². The van der Waals surface area contributed by atoms with Crippen molar-refractivity contribution in [3.05, 3.63) is 72.4 Å². The molecule has 0 saturated heterocycles. The Balaban J connectivity index is 1.70. The quantitative estimate of drug-likeness (QED) is 0.718. The molecule has 0 aliphatic heterocycles. The van der Waals surface area contributed by atoms with Gasteiger partial charge in [0, 0.05) is 17.8 Å². The molecule has 0 aliphatic carbocycles. The third-order valence-electron chi connectivity index (χ3n) is 3.21. The number of rotatable bonds is 5. The third-order valence-corrected chi connectivity index (χ3v) is 3.21. The van der Waals surface area contributed by atoms with Crippen molar-refractivity contribution >= 4 is 0 Å². The number of ether oxygens (including phenoxy) is 2. The molecule has 0 spiro atoms. The second kappa shape index (κ2) is 6.72. The Hall–Kier alpha value is -2.88. The van der Waals surface area contributed by atoms with E-state index in [4.69, 9.17) is 9.47 Å². The van der Waals surface area contributed by atoms with Gasteiger partial charge in [-0.1, -0.05) is 42.5 Å². The van der Waals surface area contributed by atoms with Crippen LogP contribution < -0.4 is 9.47 Å². The summed E-state index contributed by atoms with van der Waals surface area (Å²) < 4.78 is 10.9. The number of benzene rings is 2. The molecule has 4 nitrogen and oxygen atoms in total. The minimum absolute atomic E-state index is 0.454. The van der Waals surface area contributed by atoms with Crippen molar-refractivity contribution in [1.29, 1.82) is 0 Å². The third kappa shape index (κ3) is 3.41. The summed E-state index contributed by atoms with van der Waals surface area (Å²) in [5, 5.41) is 0. The summed E-state index contributed by atoms with van der Waals surface area (Å²) >= 11 is 0. The smallest absolute Gasteiger partial charge is 0.217 e. The van der Waals surface area contributed by atoms with Gasteiger partial charge in [0.15, 0.2) is 5.82 Å². The minimum atomic E-state index is 0.454. The maximum absolute atomic E-state index is 5.74. The molecule has 4 heteroatoms. The fraction of sp³-hybridized carbons (Fsp3) is 0.111. The number of hydrogen-bond donors (Lipinski definition) is 0. The maximum atomic E-state index is 5.74. The van der Waals surface area contributed by atoms with E-state index < -0.39 is 0 Å². The topological polar surface area (TPSA) is 44.2 Å². The maximum Gasteiger partial charge on any atom is 0.217 e. The molecule has 2 aromatic carbocycles. The van der Waals surface area contributed by atoms with Crippen molar-refractivity contribution < 1.29 is 9.47 Å². The highest BCUT2D eigenvalue weighted by Crippen LogP contribution is 2.18. The first kappa shape index (κ1) is 14.1. The molecule has 0 fully saturated rings. The van der Waals surface area contributed by atoms with Gasteiger partial charge in [-0.05, 0) is 17.7 Å². The Bertz CT molecular complexity index is 728. The Morgan fingerprint density at radius 3 is 2.41 bits per heavy atom. The average Bonchev–Trinajstić information content (AvgIpc) is 2.61. The van der Waals surface area contributed by atoms with Gasteiger partial charge in [-0.25, -0.2) is 4.98 Å². The van der Waals surface area contributed by atoms with Crippen molar-refractivity contribution in [3.8, 4) is 23.0 Å². The Morgan fingerprint density at radius 1 is 0.909 bits per heavy atom. The summed E-state index contributed by atoms with van der Waals surface area (Å²) in [5.74, 6) is 2.05. The van der Waals surface area contributed by atoms with Crippen LogP contribution in [0.25, 0.3) is 11.4 Å². The highest BCUT2D eigenvalue weighted by molar-refractivity contribution is 5.54. The number of methoxy groups -OCH3 is 1. The van der Waals surface area contributed by atoms with Crippen molar-refractivity contribution in [2.24, 2.45) is 0 Å². The molecule has 0 N–H and O–H groups in total. The van der Waals surface area contributed by atoms with Crippen LogP contribution in [0.2, 0.25) is 0 Å². The zero-order valence-electron chi connectivity index (χ0n) is 12.3. The highest BCUT2D eigenvalue weighted by Gasteiger charge is 2.03. The van der Waals surface area contributed by atoms with E-state index in [2.05, 4.69) is 9.97 Å². The van der Waals surface area contributed by atoms with E-state index in [9.17, 15) is 0 Å². The van der Waals surface area contributed by atoms with Gasteiger partial charge in [0.1, 0.15) is 12.4 Å². The van der Waals surface area contributed by atoms with Crippen LogP contribution in [0.15, 0.2) is 66.9 Å². The van der Waals surface area contributed by atoms with Crippen molar-refractivity contribution in [2.75, 3.05) is 7.11 Å². The predicted molar refractivity (Wildman–Crippen MR) is 84.8 cm³/mol. The van der Waals surface area contributed by atoms with E-state index in [1.54, 1.807) is 19.4 Å². The van der Waals surface area contributed by atoms with Gasteiger partial charge < -0.3 is 9.47 Å². The molecular weight excluding hydrogens is 276 g/mol. The lowest BCUT2D eigenvalue weighted by molar-refractivity contribution is 0.293. The Labute approximate surface area is 129 Å². The zero-order chi connectivity index (χ0) is 15.2. The lowest BCUT2D eigenvalue weighted by atomic mass is 10.2. The van der Waals surface area contributed by atoms with E-state index in [-0.39, 0.29) is 0 Å². The fourth-order valence-electron chi connectivity index (χ4n) is 2.03. The molecule has 0 bridgehead atoms. The molecule has 1 aromatic heterocycles. The Kier molecular flexibility index (Phi) is 4.30. The molecule has 0 unspecified atom stereocenters. The number of nitrogens with zero attached hydrogens (tertiary/aromatic N) is 2. The second-order valence-electron chi connectivity index (χ2n) is 4.72. The molecule has 3 aromatic rings. The van der Waals surface area contributed by atoms with Gasteiger partial charge >= 0.3 is 0 Å². The first-order valence-corrected chi connectivity index (χ1v) is 6.99. The molecule has 0 atom stereocenters. The monoisotopic (exact) mass is 292 g/mol. The summed E-state index contributed by atoms with van der Waals surface area (Å²) in [6.45, 7) is 0.454. The van der Waals surface area contributed by atoms with Crippen LogP contribution in [0.5, 0.6) is 11.6 Å². The van der Waals surface area contributed by atoms with Crippen LogP contribution in [0.4, 0.5) is 0 Å². The second-order valence-corrected chi connectivity index (χ2v) is 4.72. The Morgan fingerprint density at radius 2 is 1.68 bits per heavy atom. The van der Waals surface area contributed by atoms with Crippen LogP contribution in [0, 0.1) is 0 Å². The summed E-state index contributed by atoms with van der Waals surface area (Å²) in [6.07, 6.45) is 1.71. The summed E-state index contributed by atoms with van der Waals surface area (Å²) in [4.78, 5) is 8.71. The predicted octanol–water partition coefficient (Wildman–Crippen LogP) is 3.73. The SMILES string of the molecule is COc1ccc(COc2ccnc(-c3ccccc3)n2)cc1. The van der Waals surface area contributed by atoms with Crippen molar-refractivity contribution in [3.63, 3.8) is 0 Å². The molecule has 110 valence electrons. The van der Waals surface area contributed by atoms with Crippen LogP contribution >= 0.6 is 0 Å². The molecule has 0 radical (unpaired) electrons. The lowest BCUT2D eigenvalue weighted by Crippen LogP contribution is -1.99. The summed E-state index contributed by atoms with van der Waals surface area (Å²) in [5.41, 5.74) is 2.03. The van der Waals surface area contributed by atoms with E-state index >= 15 is 0 Å². The standard InChI is InChI=1S/C18H16N2O2/c1-21-16-9-7-14(8-10-16)13-22-17-11-12-19-18(20-17)15-5-3-2-4-6-15/h2-12H,13H2,1H3. The van der Waals surface area contributed by atoms with E-state index in [0.717, 1.165) is 16.9 Å². The van der Waals surface area contributed by atoms with Crippen LogP contribution in [0.3, 0.4) is 0 Å². The van der Waals surface area contributed by atoms with Gasteiger partial charge in [0.2, 0.25) is 5.88 Å². The normalized spacial score (nSPS) is 10.2. The van der Waals surface area contributed by atoms with Crippen LogP contribution in [-0.2, 0) is 6.61 Å². The highest BCUT2D eigenvalue weighted by atomic mass is 16.5. The van der Waals surface area contributed by atoms with Crippen molar-refractivity contribution in [2.45, 2.75) is 6.61 Å². The van der Waals surface area contributed by atoms with E-state index in [1.807, 2.05) is 54.6 Å². The molecule has 1 heterocycles. The minimum Gasteiger partial charge on any atom is -0.497 e. The van der Waals surface area contributed by atoms with Crippen molar-refractivity contribution in [1.82, 2.24) is 9.97 Å². The fourth-order valence-corrected chi connectivity index (χ4v) is 2.03. The van der Waals surface area contributed by atoms with E-state index in [0.29, 0.717) is 18.3 Å². The molecule has 3 rings (SSSR count). The lowest BCUT2D eigenvalue weighted by Gasteiger charge is -2.07. The largest absolute Gasteiger partial charge is 0.497 e. The van der Waals surface area contributed by atoms with Crippen LogP contribution in [-0.4, -0.2) is 17.1 Å². The molecule has 0 saturated carbocycles. The van der Waals surface area contributed by atoms with Gasteiger partial charge in [-0.3, -0.25) is 0 Å². The van der Waals surface area contributed by atoms with Gasteiger partial charge in [-0.15, -0.1) is 0 Å². The summed E-state index contributed by atoms with van der Waals surface area (Å²) in [6, 6.07) is 19.4.